The summed E-state index contributed by atoms with van der Waals surface area (Å²) in [6.07, 6.45) is 2.63. The third kappa shape index (κ3) is 9.22. The molecule has 0 heterocycles. The summed E-state index contributed by atoms with van der Waals surface area (Å²) in [4.78, 5) is 11.2. The van der Waals surface area contributed by atoms with E-state index in [4.69, 9.17) is 10.2 Å². The van der Waals surface area contributed by atoms with Crippen LogP contribution < -0.4 is 5.32 Å². The van der Waals surface area contributed by atoms with E-state index in [2.05, 4.69) is 5.32 Å². The van der Waals surface area contributed by atoms with Gasteiger partial charge in [-0.05, 0) is 12.8 Å². The molecule has 0 aliphatic rings. The molecule has 3 N–H and O–H groups in total. The number of hydrogen-bond acceptors (Lipinski definition) is 3. The molecule has 95 valence electrons. The van der Waals surface area contributed by atoms with E-state index in [0.29, 0.717) is 6.54 Å². The molecule has 0 fully saturated rings. The van der Waals surface area contributed by atoms with E-state index in [-0.39, 0.29) is 49.5 Å². The Bertz CT molecular complexity index is 173. The number of aliphatic hydroxyl groups is 2. The second-order valence-corrected chi connectivity index (χ2v) is 4.17. The Morgan fingerprint density at radius 1 is 1.19 bits per heavy atom. The van der Waals surface area contributed by atoms with Crippen LogP contribution in [0.25, 0.3) is 0 Å². The van der Waals surface area contributed by atoms with Crippen molar-refractivity contribution in [1.82, 2.24) is 5.32 Å². The molecule has 0 aromatic rings. The van der Waals surface area contributed by atoms with Gasteiger partial charge in [0.25, 0.3) is 0 Å². The van der Waals surface area contributed by atoms with Crippen LogP contribution in [0.4, 0.5) is 0 Å². The van der Waals surface area contributed by atoms with E-state index in [0.717, 1.165) is 19.3 Å². The minimum atomic E-state index is -0.00852. The molecular weight excluding hydrogens is 245 g/mol. The molecular formula is C11H23NO3V. The van der Waals surface area contributed by atoms with Crippen molar-refractivity contribution in [2.24, 2.45) is 11.8 Å². The first-order chi connectivity index (χ1) is 7.11. The van der Waals surface area contributed by atoms with E-state index in [9.17, 15) is 4.79 Å². The van der Waals surface area contributed by atoms with Crippen LogP contribution in [0.3, 0.4) is 0 Å². The monoisotopic (exact) mass is 268 g/mol. The Morgan fingerprint density at radius 3 is 2.19 bits per heavy atom. The molecule has 0 aromatic carbocycles. The zero-order valence-electron chi connectivity index (χ0n) is 10.1. The Kier molecular flexibility index (Phi) is 13.1. The predicted octanol–water partition coefficient (Wildman–Crippen LogP) is 0.527. The number of aliphatic hydroxyl groups excluding tert-OH is 2. The molecule has 16 heavy (non-hydrogen) atoms. The van der Waals surface area contributed by atoms with E-state index in [1.165, 1.54) is 0 Å². The normalized spacial score (nSPS) is 10.4. The van der Waals surface area contributed by atoms with Crippen LogP contribution in [0.1, 0.15) is 33.1 Å². The number of unbranched alkanes of at least 4 members (excludes halogenated alkanes) is 1. The van der Waals surface area contributed by atoms with Crippen molar-refractivity contribution in [3.8, 4) is 0 Å². The smallest absolute Gasteiger partial charge is 0.222 e. The third-order valence-electron chi connectivity index (χ3n) is 2.38. The molecule has 0 saturated heterocycles. The van der Waals surface area contributed by atoms with Gasteiger partial charge in [0.2, 0.25) is 5.91 Å². The zero-order chi connectivity index (χ0) is 11.7. The number of carbonyl (C=O) groups excluding carboxylic acids is 1. The molecule has 0 atom stereocenters. The van der Waals surface area contributed by atoms with E-state index in [1.807, 2.05) is 13.8 Å². The maximum absolute atomic E-state index is 11.2. The Hall–Kier alpha value is -0.0256. The van der Waals surface area contributed by atoms with Crippen LogP contribution in [0.5, 0.6) is 0 Å². The fourth-order valence-corrected chi connectivity index (χ4v) is 1.21. The van der Waals surface area contributed by atoms with Gasteiger partial charge in [0.05, 0.1) is 0 Å². The average molecular weight is 268 g/mol. The van der Waals surface area contributed by atoms with Crippen LogP contribution in [0, 0.1) is 11.8 Å². The van der Waals surface area contributed by atoms with Crippen molar-refractivity contribution in [3.63, 3.8) is 0 Å². The SMILES string of the molecule is CC(C)C(=O)NCCCCC(CO)CO.[V]. The van der Waals surface area contributed by atoms with Gasteiger partial charge in [0.15, 0.2) is 0 Å². The summed E-state index contributed by atoms with van der Waals surface area (Å²) in [5.41, 5.74) is 0. The van der Waals surface area contributed by atoms with Gasteiger partial charge >= 0.3 is 0 Å². The molecule has 4 nitrogen and oxygen atoms in total. The Labute approximate surface area is 110 Å². The summed E-state index contributed by atoms with van der Waals surface area (Å²) in [6.45, 7) is 4.48. The van der Waals surface area contributed by atoms with Crippen molar-refractivity contribution in [2.75, 3.05) is 19.8 Å². The second kappa shape index (κ2) is 11.5. The van der Waals surface area contributed by atoms with E-state index in [1.54, 1.807) is 0 Å². The molecule has 0 rings (SSSR count). The average Bonchev–Trinajstić information content (AvgIpc) is 2.23. The predicted molar refractivity (Wildman–Crippen MR) is 59.4 cm³/mol. The number of nitrogens with one attached hydrogen (secondary N) is 1. The molecule has 0 aromatic heterocycles. The van der Waals surface area contributed by atoms with E-state index >= 15 is 0 Å². The third-order valence-corrected chi connectivity index (χ3v) is 2.38. The molecule has 0 bridgehead atoms. The standard InChI is InChI=1S/C11H23NO3.V/c1-9(2)11(15)12-6-4-3-5-10(7-13)8-14;/h9-10,13-14H,3-8H2,1-2H3,(H,12,15);. The molecule has 1 amide bonds. The molecule has 0 unspecified atom stereocenters. The van der Waals surface area contributed by atoms with Gasteiger partial charge in [-0.25, -0.2) is 0 Å². The fourth-order valence-electron chi connectivity index (χ4n) is 1.21. The van der Waals surface area contributed by atoms with Crippen LogP contribution in [0.2, 0.25) is 0 Å². The minimum Gasteiger partial charge on any atom is -0.396 e. The van der Waals surface area contributed by atoms with Crippen LogP contribution >= 0.6 is 0 Å². The van der Waals surface area contributed by atoms with Crippen molar-refractivity contribution >= 4 is 5.91 Å². The molecule has 5 heteroatoms. The summed E-state index contributed by atoms with van der Waals surface area (Å²) in [5, 5.41) is 20.5. The van der Waals surface area contributed by atoms with Gasteiger partial charge in [-0.3, -0.25) is 4.79 Å². The number of rotatable bonds is 8. The van der Waals surface area contributed by atoms with Gasteiger partial charge in [0.1, 0.15) is 0 Å². The second-order valence-electron chi connectivity index (χ2n) is 4.17. The Balaban J connectivity index is 0. The largest absolute Gasteiger partial charge is 0.396 e. The number of carbonyl (C=O) groups is 1. The quantitative estimate of drug-likeness (QED) is 0.562. The van der Waals surface area contributed by atoms with Crippen LogP contribution in [-0.4, -0.2) is 35.9 Å². The first-order valence-electron chi connectivity index (χ1n) is 5.61. The van der Waals surface area contributed by atoms with Gasteiger partial charge in [-0.15, -0.1) is 0 Å². The summed E-state index contributed by atoms with van der Waals surface area (Å²) in [7, 11) is 0. The number of hydrogen-bond donors (Lipinski definition) is 3. The Morgan fingerprint density at radius 2 is 1.75 bits per heavy atom. The zero-order valence-corrected chi connectivity index (χ0v) is 11.5. The molecule has 0 saturated carbocycles. The van der Waals surface area contributed by atoms with Crippen molar-refractivity contribution < 1.29 is 33.6 Å². The van der Waals surface area contributed by atoms with Crippen molar-refractivity contribution in [1.29, 1.82) is 0 Å². The molecule has 0 spiro atoms. The summed E-state index contributed by atoms with van der Waals surface area (Å²) in [6, 6.07) is 0. The summed E-state index contributed by atoms with van der Waals surface area (Å²) < 4.78 is 0. The first-order valence-corrected chi connectivity index (χ1v) is 5.61. The number of amides is 1. The summed E-state index contributed by atoms with van der Waals surface area (Å²) in [5.74, 6) is 0.106. The maximum atomic E-state index is 11.2. The molecule has 0 aliphatic heterocycles. The van der Waals surface area contributed by atoms with E-state index < -0.39 is 0 Å². The topological polar surface area (TPSA) is 69.6 Å². The fraction of sp³-hybridized carbons (Fsp3) is 0.909. The molecule has 1 radical (unpaired) electrons. The van der Waals surface area contributed by atoms with Gasteiger partial charge in [-0.1, -0.05) is 20.3 Å². The maximum Gasteiger partial charge on any atom is 0.222 e. The van der Waals surface area contributed by atoms with Gasteiger partial charge in [-0.2, -0.15) is 0 Å². The molecule has 0 aliphatic carbocycles. The van der Waals surface area contributed by atoms with Gasteiger partial charge < -0.3 is 15.5 Å². The minimum absolute atomic E-state index is 0. The van der Waals surface area contributed by atoms with Crippen LogP contribution in [0.15, 0.2) is 0 Å². The van der Waals surface area contributed by atoms with Crippen LogP contribution in [-0.2, 0) is 23.4 Å². The van der Waals surface area contributed by atoms with Crippen molar-refractivity contribution in [3.05, 3.63) is 0 Å². The first kappa shape index (κ1) is 18.3. The van der Waals surface area contributed by atoms with Crippen molar-refractivity contribution in [2.45, 2.75) is 33.1 Å². The van der Waals surface area contributed by atoms with Gasteiger partial charge in [0, 0.05) is 50.2 Å². The summed E-state index contributed by atoms with van der Waals surface area (Å²) >= 11 is 0.